The van der Waals surface area contributed by atoms with Crippen LogP contribution >= 0.6 is 0 Å². The third-order valence-electron chi connectivity index (χ3n) is 4.21. The molecule has 31 heavy (non-hydrogen) atoms. The number of nitriles is 1. The number of pyridine rings is 1. The molecule has 0 bridgehead atoms. The second-order valence-electron chi connectivity index (χ2n) is 6.88. The fourth-order valence-corrected chi connectivity index (χ4v) is 2.93. The molecule has 0 aliphatic heterocycles. The number of nitrogens with zero attached hydrogens (tertiary/aromatic N) is 4. The number of hydrogen-bond donors (Lipinski definition) is 1. The summed E-state index contributed by atoms with van der Waals surface area (Å²) in [7, 11) is 0. The lowest BCUT2D eigenvalue weighted by Gasteiger charge is -2.13. The first-order valence-electron chi connectivity index (χ1n) is 9.24. The molecule has 1 aromatic carbocycles. The van der Waals surface area contributed by atoms with E-state index in [1.54, 1.807) is 35.1 Å². The minimum atomic E-state index is -4.53. The molecule has 0 fully saturated rings. The number of anilines is 1. The van der Waals surface area contributed by atoms with Crippen molar-refractivity contribution >= 4 is 11.6 Å². The van der Waals surface area contributed by atoms with Gasteiger partial charge in [0.1, 0.15) is 11.8 Å². The number of nitrogens with one attached hydrogen (secondary N) is 1. The topological polar surface area (TPSA) is 92.8 Å². The van der Waals surface area contributed by atoms with Crippen LogP contribution in [-0.2, 0) is 0 Å². The molecule has 2 aromatic heterocycles. The summed E-state index contributed by atoms with van der Waals surface area (Å²) in [6, 6.07) is 10.9. The summed E-state index contributed by atoms with van der Waals surface area (Å²) in [4.78, 5) is 17.1. The fraction of sp³-hybridized carbons (Fsp3) is 0.238. The number of rotatable bonds is 6. The van der Waals surface area contributed by atoms with Crippen molar-refractivity contribution in [2.75, 3.05) is 11.9 Å². The molecule has 7 nitrogen and oxygen atoms in total. The van der Waals surface area contributed by atoms with Crippen LogP contribution < -0.4 is 10.1 Å². The Balaban J connectivity index is 1.85. The third kappa shape index (κ3) is 5.19. The van der Waals surface area contributed by atoms with E-state index in [1.807, 2.05) is 13.8 Å². The van der Waals surface area contributed by atoms with Gasteiger partial charge in [0.15, 0.2) is 12.4 Å². The van der Waals surface area contributed by atoms with Crippen molar-refractivity contribution in [2.45, 2.75) is 25.9 Å². The van der Waals surface area contributed by atoms with Gasteiger partial charge in [-0.2, -0.15) is 23.5 Å². The number of hydrogen-bond acceptors (Lipinski definition) is 5. The number of halogens is 3. The molecule has 0 saturated carbocycles. The highest BCUT2D eigenvalue weighted by atomic mass is 19.4. The van der Waals surface area contributed by atoms with Crippen LogP contribution in [0.1, 0.15) is 41.4 Å². The molecule has 0 aliphatic carbocycles. The molecule has 3 aromatic rings. The minimum absolute atomic E-state index is 0.0573. The average molecular weight is 429 g/mol. The monoisotopic (exact) mass is 429 g/mol. The Morgan fingerprint density at radius 1 is 1.29 bits per heavy atom. The van der Waals surface area contributed by atoms with Crippen molar-refractivity contribution in [3.05, 3.63) is 65.6 Å². The maximum absolute atomic E-state index is 12.9. The van der Waals surface area contributed by atoms with E-state index in [-0.39, 0.29) is 22.9 Å². The maximum atomic E-state index is 12.9. The molecule has 0 atom stereocenters. The van der Waals surface area contributed by atoms with Crippen molar-refractivity contribution in [2.24, 2.45) is 0 Å². The first-order chi connectivity index (χ1) is 14.7. The quantitative estimate of drug-likeness (QED) is 0.625. The lowest BCUT2D eigenvalue weighted by Crippen LogP contribution is -2.19. The predicted octanol–water partition coefficient (Wildman–Crippen LogP) is 4.46. The van der Waals surface area contributed by atoms with E-state index in [4.69, 9.17) is 0 Å². The zero-order valence-electron chi connectivity index (χ0n) is 16.6. The van der Waals surface area contributed by atoms with Crippen molar-refractivity contribution in [1.82, 2.24) is 14.8 Å². The Morgan fingerprint density at radius 3 is 2.68 bits per heavy atom. The number of carbonyl (C=O) groups is 1. The molecule has 10 heteroatoms. The van der Waals surface area contributed by atoms with Gasteiger partial charge < -0.3 is 10.1 Å². The maximum Gasteiger partial charge on any atom is 0.422 e. The van der Waals surface area contributed by atoms with Crippen LogP contribution in [0.3, 0.4) is 0 Å². The lowest BCUT2D eigenvalue weighted by atomic mass is 10.1. The average Bonchev–Trinajstić information content (AvgIpc) is 3.18. The van der Waals surface area contributed by atoms with Crippen LogP contribution in [0.25, 0.3) is 5.82 Å². The number of aromatic nitrogens is 3. The smallest absolute Gasteiger partial charge is 0.422 e. The predicted molar refractivity (Wildman–Crippen MR) is 106 cm³/mol. The van der Waals surface area contributed by atoms with Gasteiger partial charge in [-0.1, -0.05) is 19.9 Å². The summed E-state index contributed by atoms with van der Waals surface area (Å²) >= 11 is 0. The Labute approximate surface area is 176 Å². The van der Waals surface area contributed by atoms with Gasteiger partial charge in [0.05, 0.1) is 23.0 Å². The van der Waals surface area contributed by atoms with Crippen molar-refractivity contribution in [3.8, 4) is 17.6 Å². The largest absolute Gasteiger partial charge is 0.483 e. The molecular formula is C21H18F3N5O2. The van der Waals surface area contributed by atoms with Crippen LogP contribution in [0, 0.1) is 11.3 Å². The highest BCUT2D eigenvalue weighted by Gasteiger charge is 2.29. The molecule has 0 radical (unpaired) electrons. The zero-order chi connectivity index (χ0) is 22.6. The Morgan fingerprint density at radius 2 is 2.06 bits per heavy atom. The van der Waals surface area contributed by atoms with Gasteiger partial charge >= 0.3 is 6.18 Å². The fourth-order valence-electron chi connectivity index (χ4n) is 2.93. The van der Waals surface area contributed by atoms with E-state index in [9.17, 15) is 23.2 Å². The Kier molecular flexibility index (Phi) is 6.25. The summed E-state index contributed by atoms with van der Waals surface area (Å²) in [6.45, 7) is 2.31. The van der Waals surface area contributed by atoms with Gasteiger partial charge in [-0.15, -0.1) is 0 Å². The summed E-state index contributed by atoms with van der Waals surface area (Å²) in [5, 5.41) is 16.2. The van der Waals surface area contributed by atoms with Gasteiger partial charge in [-0.3, -0.25) is 4.79 Å². The molecule has 0 spiro atoms. The molecule has 2 heterocycles. The van der Waals surface area contributed by atoms with Crippen molar-refractivity contribution in [1.29, 1.82) is 5.26 Å². The molecule has 0 unspecified atom stereocenters. The van der Waals surface area contributed by atoms with Crippen molar-refractivity contribution in [3.63, 3.8) is 0 Å². The molecule has 0 aliphatic rings. The number of benzene rings is 1. The Hall–Kier alpha value is -3.87. The number of ether oxygens (including phenoxy) is 1. The van der Waals surface area contributed by atoms with E-state index >= 15 is 0 Å². The lowest BCUT2D eigenvalue weighted by molar-refractivity contribution is -0.153. The van der Waals surface area contributed by atoms with Crippen molar-refractivity contribution < 1.29 is 22.7 Å². The van der Waals surface area contributed by atoms with Gasteiger partial charge in [-0.05, 0) is 36.2 Å². The summed E-state index contributed by atoms with van der Waals surface area (Å²) in [5.41, 5.74) is 1.06. The van der Waals surface area contributed by atoms with Crippen LogP contribution in [-0.4, -0.2) is 33.5 Å². The molecule has 160 valence electrons. The highest BCUT2D eigenvalue weighted by Crippen LogP contribution is 2.27. The summed E-state index contributed by atoms with van der Waals surface area (Å²) < 4.78 is 43.3. The van der Waals surface area contributed by atoms with Gasteiger partial charge in [0.2, 0.25) is 0 Å². The normalized spacial score (nSPS) is 11.3. The highest BCUT2D eigenvalue weighted by molar-refractivity contribution is 6.05. The van der Waals surface area contributed by atoms with Crippen LogP contribution in [0.15, 0.2) is 48.8 Å². The third-order valence-corrected chi connectivity index (χ3v) is 4.21. The SMILES string of the molecule is CC(C)c1c(C(=O)Nc2ccc(OCC(F)(F)F)c(C#N)c2)cnn1-c1ccccn1. The van der Waals surface area contributed by atoms with Crippen LogP contribution in [0.5, 0.6) is 5.75 Å². The molecular weight excluding hydrogens is 411 g/mol. The van der Waals surface area contributed by atoms with E-state index in [0.29, 0.717) is 17.1 Å². The molecule has 1 amide bonds. The molecule has 3 rings (SSSR count). The van der Waals surface area contributed by atoms with E-state index in [2.05, 4.69) is 20.1 Å². The number of amides is 1. The number of carbonyl (C=O) groups excluding carboxylic acids is 1. The molecule has 1 N–H and O–H groups in total. The summed E-state index contributed by atoms with van der Waals surface area (Å²) in [6.07, 6.45) is -1.49. The standard InChI is InChI=1S/C21H18F3N5O2/c1-13(2)19-16(11-27-29(19)18-5-3-4-8-26-18)20(30)28-15-6-7-17(14(9-15)10-25)31-12-21(22,23)24/h3-9,11,13H,12H2,1-2H3,(H,28,30). The van der Waals surface area contributed by atoms with Gasteiger partial charge in [-0.25, -0.2) is 9.67 Å². The second kappa shape index (κ2) is 8.87. The first kappa shape index (κ1) is 21.8. The first-order valence-corrected chi connectivity index (χ1v) is 9.24. The van der Waals surface area contributed by atoms with Gasteiger partial charge in [0.25, 0.3) is 5.91 Å². The van der Waals surface area contributed by atoms with E-state index in [0.717, 1.165) is 0 Å². The Bertz CT molecular complexity index is 1120. The van der Waals surface area contributed by atoms with Crippen LogP contribution in [0.2, 0.25) is 0 Å². The molecule has 0 saturated heterocycles. The van der Waals surface area contributed by atoms with E-state index in [1.165, 1.54) is 24.4 Å². The van der Waals surface area contributed by atoms with E-state index < -0.39 is 18.7 Å². The minimum Gasteiger partial charge on any atom is -0.483 e. The van der Waals surface area contributed by atoms with Gasteiger partial charge in [0, 0.05) is 11.9 Å². The zero-order valence-corrected chi connectivity index (χ0v) is 16.6. The summed E-state index contributed by atoms with van der Waals surface area (Å²) in [5.74, 6) is -0.191. The second-order valence-corrected chi connectivity index (χ2v) is 6.88. The number of alkyl halides is 3. The van der Waals surface area contributed by atoms with Crippen LogP contribution in [0.4, 0.5) is 18.9 Å².